The molecule has 0 aliphatic carbocycles. The molecule has 5 nitrogen and oxygen atoms in total. The molecule has 0 aromatic heterocycles. The standard InChI is InChI=1S/C10H20N2O3/c1-4-9(14)5-6-11-10(15)7-12(3)8(2)13/h9,14H,4-7H2,1-3H3,(H,11,15). The number of aliphatic hydroxyl groups excluding tert-OH is 1. The quantitative estimate of drug-likeness (QED) is 0.643. The molecule has 5 heteroatoms. The number of hydrogen-bond donors (Lipinski definition) is 2. The minimum atomic E-state index is -0.365. The molecule has 0 radical (unpaired) electrons. The number of amides is 2. The minimum absolute atomic E-state index is 0.0670. The number of carbonyl (C=O) groups excluding carboxylic acids is 2. The third-order valence-corrected chi connectivity index (χ3v) is 2.19. The van der Waals surface area contributed by atoms with Gasteiger partial charge in [0.15, 0.2) is 0 Å². The highest BCUT2D eigenvalue weighted by Crippen LogP contribution is 1.94. The summed E-state index contributed by atoms with van der Waals surface area (Å²) in [5.74, 6) is -0.338. The molecule has 0 aliphatic heterocycles. The third-order valence-electron chi connectivity index (χ3n) is 2.19. The van der Waals surface area contributed by atoms with Crippen molar-refractivity contribution in [2.45, 2.75) is 32.8 Å². The third kappa shape index (κ3) is 6.90. The Labute approximate surface area is 90.5 Å². The van der Waals surface area contributed by atoms with Gasteiger partial charge in [-0.25, -0.2) is 0 Å². The molecule has 0 aromatic rings. The lowest BCUT2D eigenvalue weighted by molar-refractivity contribution is -0.133. The van der Waals surface area contributed by atoms with Crippen LogP contribution >= 0.6 is 0 Å². The van der Waals surface area contributed by atoms with E-state index in [1.54, 1.807) is 7.05 Å². The first kappa shape index (κ1) is 13.9. The molecule has 0 saturated heterocycles. The van der Waals surface area contributed by atoms with E-state index in [4.69, 9.17) is 0 Å². The van der Waals surface area contributed by atoms with Crippen LogP contribution in [0.1, 0.15) is 26.7 Å². The molecule has 0 aliphatic rings. The van der Waals surface area contributed by atoms with Gasteiger partial charge in [-0.2, -0.15) is 0 Å². The second-order valence-corrected chi connectivity index (χ2v) is 3.58. The van der Waals surface area contributed by atoms with Crippen LogP contribution in [0.15, 0.2) is 0 Å². The summed E-state index contributed by atoms with van der Waals surface area (Å²) in [4.78, 5) is 23.4. The second-order valence-electron chi connectivity index (χ2n) is 3.58. The van der Waals surface area contributed by atoms with Crippen LogP contribution in [0, 0.1) is 0 Å². The van der Waals surface area contributed by atoms with Gasteiger partial charge in [0, 0.05) is 20.5 Å². The van der Waals surface area contributed by atoms with E-state index in [2.05, 4.69) is 5.32 Å². The summed E-state index contributed by atoms with van der Waals surface area (Å²) in [5, 5.41) is 11.9. The predicted octanol–water partition coefficient (Wildman–Crippen LogP) is -0.258. The largest absolute Gasteiger partial charge is 0.393 e. The molecule has 0 fully saturated rings. The Kier molecular flexibility index (Phi) is 6.70. The summed E-state index contributed by atoms with van der Waals surface area (Å²) in [6.07, 6.45) is 0.866. The maximum atomic E-state index is 11.2. The van der Waals surface area contributed by atoms with E-state index < -0.39 is 0 Å². The van der Waals surface area contributed by atoms with Crippen LogP contribution in [0.25, 0.3) is 0 Å². The van der Waals surface area contributed by atoms with E-state index in [1.807, 2.05) is 6.92 Å². The number of carbonyl (C=O) groups is 2. The fourth-order valence-electron chi connectivity index (χ4n) is 0.965. The van der Waals surface area contributed by atoms with Crippen LogP contribution in [0.5, 0.6) is 0 Å². The molecule has 2 N–H and O–H groups in total. The summed E-state index contributed by atoms with van der Waals surface area (Å²) >= 11 is 0. The van der Waals surface area contributed by atoms with Gasteiger partial charge in [-0.05, 0) is 12.8 Å². The molecule has 0 rings (SSSR count). The van der Waals surface area contributed by atoms with Crippen molar-refractivity contribution in [2.24, 2.45) is 0 Å². The maximum absolute atomic E-state index is 11.2. The van der Waals surface area contributed by atoms with Gasteiger partial charge in [0.05, 0.1) is 12.6 Å². The molecule has 0 spiro atoms. The Morgan fingerprint density at radius 2 is 2.07 bits per heavy atom. The molecule has 1 unspecified atom stereocenters. The minimum Gasteiger partial charge on any atom is -0.393 e. The first-order chi connectivity index (χ1) is 6.97. The van der Waals surface area contributed by atoms with Gasteiger partial charge in [-0.1, -0.05) is 6.92 Å². The number of aliphatic hydroxyl groups is 1. The average Bonchev–Trinajstić information content (AvgIpc) is 2.17. The Bertz CT molecular complexity index is 219. The zero-order valence-electron chi connectivity index (χ0n) is 9.62. The molecular formula is C10H20N2O3. The number of rotatable bonds is 6. The number of nitrogens with zero attached hydrogens (tertiary/aromatic N) is 1. The zero-order chi connectivity index (χ0) is 11.8. The van der Waals surface area contributed by atoms with Crippen molar-refractivity contribution in [3.8, 4) is 0 Å². The van der Waals surface area contributed by atoms with E-state index in [0.29, 0.717) is 19.4 Å². The van der Waals surface area contributed by atoms with Crippen LogP contribution in [0.4, 0.5) is 0 Å². The van der Waals surface area contributed by atoms with E-state index in [1.165, 1.54) is 11.8 Å². The summed E-state index contributed by atoms with van der Waals surface area (Å²) in [5.41, 5.74) is 0. The van der Waals surface area contributed by atoms with Crippen molar-refractivity contribution in [1.29, 1.82) is 0 Å². The molecule has 0 saturated carbocycles. The lowest BCUT2D eigenvalue weighted by Gasteiger charge is -2.14. The van der Waals surface area contributed by atoms with Crippen molar-refractivity contribution in [1.82, 2.24) is 10.2 Å². The average molecular weight is 216 g/mol. The molecule has 0 bridgehead atoms. The Balaban J connectivity index is 3.62. The van der Waals surface area contributed by atoms with Crippen LogP contribution in [0.3, 0.4) is 0 Å². The first-order valence-corrected chi connectivity index (χ1v) is 5.13. The van der Waals surface area contributed by atoms with Crippen molar-refractivity contribution in [2.75, 3.05) is 20.1 Å². The molecule has 15 heavy (non-hydrogen) atoms. The highest BCUT2D eigenvalue weighted by Gasteiger charge is 2.08. The van der Waals surface area contributed by atoms with Crippen molar-refractivity contribution in [3.63, 3.8) is 0 Å². The lowest BCUT2D eigenvalue weighted by atomic mass is 10.2. The zero-order valence-corrected chi connectivity index (χ0v) is 9.62. The van der Waals surface area contributed by atoms with Gasteiger partial charge < -0.3 is 15.3 Å². The van der Waals surface area contributed by atoms with Gasteiger partial charge >= 0.3 is 0 Å². The molecular weight excluding hydrogens is 196 g/mol. The van der Waals surface area contributed by atoms with E-state index in [0.717, 1.165) is 0 Å². The summed E-state index contributed by atoms with van der Waals surface area (Å²) in [7, 11) is 1.57. The maximum Gasteiger partial charge on any atom is 0.239 e. The van der Waals surface area contributed by atoms with E-state index in [-0.39, 0.29) is 24.5 Å². The molecule has 0 heterocycles. The molecule has 2 amide bonds. The van der Waals surface area contributed by atoms with Crippen molar-refractivity contribution >= 4 is 11.8 Å². The predicted molar refractivity (Wildman–Crippen MR) is 57.2 cm³/mol. The fourth-order valence-corrected chi connectivity index (χ4v) is 0.965. The first-order valence-electron chi connectivity index (χ1n) is 5.13. The summed E-state index contributed by atoms with van der Waals surface area (Å²) < 4.78 is 0. The van der Waals surface area contributed by atoms with Crippen molar-refractivity contribution in [3.05, 3.63) is 0 Å². The Hall–Kier alpha value is -1.10. The molecule has 88 valence electrons. The topological polar surface area (TPSA) is 69.6 Å². The van der Waals surface area contributed by atoms with Crippen LogP contribution in [0.2, 0.25) is 0 Å². The highest BCUT2D eigenvalue weighted by atomic mass is 16.3. The molecule has 1 atom stereocenters. The Morgan fingerprint density at radius 3 is 2.53 bits per heavy atom. The Morgan fingerprint density at radius 1 is 1.47 bits per heavy atom. The van der Waals surface area contributed by atoms with Gasteiger partial charge in [0.1, 0.15) is 0 Å². The SMILES string of the molecule is CCC(O)CCNC(=O)CN(C)C(C)=O. The van der Waals surface area contributed by atoms with Gasteiger partial charge in [0.2, 0.25) is 11.8 Å². The van der Waals surface area contributed by atoms with Crippen LogP contribution < -0.4 is 5.32 Å². The van der Waals surface area contributed by atoms with Crippen LogP contribution in [-0.2, 0) is 9.59 Å². The summed E-state index contributed by atoms with van der Waals surface area (Å²) in [6, 6.07) is 0. The normalized spacial score (nSPS) is 12.0. The van der Waals surface area contributed by atoms with Crippen molar-refractivity contribution < 1.29 is 14.7 Å². The number of nitrogens with one attached hydrogen (secondary N) is 1. The number of hydrogen-bond acceptors (Lipinski definition) is 3. The number of likely N-dealkylation sites (N-methyl/N-ethyl adjacent to an activating group) is 1. The van der Waals surface area contributed by atoms with Gasteiger partial charge in [0.25, 0.3) is 0 Å². The smallest absolute Gasteiger partial charge is 0.239 e. The molecule has 0 aromatic carbocycles. The summed E-state index contributed by atoms with van der Waals surface area (Å²) in [6.45, 7) is 3.81. The van der Waals surface area contributed by atoms with Crippen LogP contribution in [-0.4, -0.2) is 48.1 Å². The lowest BCUT2D eigenvalue weighted by Crippen LogP contribution is -2.38. The van der Waals surface area contributed by atoms with Gasteiger partial charge in [-0.15, -0.1) is 0 Å². The van der Waals surface area contributed by atoms with E-state index in [9.17, 15) is 14.7 Å². The highest BCUT2D eigenvalue weighted by molar-refractivity contribution is 5.83. The van der Waals surface area contributed by atoms with Gasteiger partial charge in [-0.3, -0.25) is 9.59 Å². The fraction of sp³-hybridized carbons (Fsp3) is 0.800. The monoisotopic (exact) mass is 216 g/mol. The van der Waals surface area contributed by atoms with E-state index >= 15 is 0 Å². The second kappa shape index (κ2) is 7.23.